The minimum absolute atomic E-state index is 0.0224. The molecule has 4 atom stereocenters. The summed E-state index contributed by atoms with van der Waals surface area (Å²) in [6, 6.07) is 0. The van der Waals surface area contributed by atoms with Crippen molar-refractivity contribution in [2.75, 3.05) is 82.3 Å². The number of methoxy groups -OCH3 is 4. The topological polar surface area (TPSA) is 179 Å². The van der Waals surface area contributed by atoms with E-state index in [1.165, 1.54) is 67.0 Å². The third-order valence-electron chi connectivity index (χ3n) is 6.88. The Morgan fingerprint density at radius 3 is 1.32 bits per heavy atom. The monoisotopic (exact) mass is 766 g/mol. The molecular formula is C32H64O16P2+2. The number of rotatable bonds is 36. The van der Waals surface area contributed by atoms with Gasteiger partial charge in [0.25, 0.3) is 0 Å². The van der Waals surface area contributed by atoms with Gasteiger partial charge in [-0.15, -0.1) is 9.05 Å². The molecule has 0 aliphatic rings. The molecule has 0 bridgehead atoms. The van der Waals surface area contributed by atoms with Gasteiger partial charge in [-0.25, -0.2) is 0 Å². The van der Waals surface area contributed by atoms with Crippen molar-refractivity contribution >= 4 is 28.4 Å². The normalized spacial score (nSPS) is 12.8. The van der Waals surface area contributed by atoms with Crippen LogP contribution in [0.15, 0.2) is 0 Å². The number of unbranched alkanes of at least 4 members (excludes halogenated alkanes) is 12. The van der Waals surface area contributed by atoms with Crippen LogP contribution in [0.2, 0.25) is 0 Å². The molecule has 50 heavy (non-hydrogen) atoms. The van der Waals surface area contributed by atoms with Crippen LogP contribution in [0.1, 0.15) is 103 Å². The van der Waals surface area contributed by atoms with E-state index in [4.69, 9.17) is 37.5 Å². The fourth-order valence-electron chi connectivity index (χ4n) is 4.24. The summed E-state index contributed by atoms with van der Waals surface area (Å²) in [6.45, 7) is 1.75. The molecule has 0 saturated carbocycles. The molecular weight excluding hydrogens is 702 g/mol. The Hall–Kier alpha value is -1.26. The van der Waals surface area contributed by atoms with Crippen molar-refractivity contribution in [1.82, 2.24) is 0 Å². The average Bonchev–Trinajstić information content (AvgIpc) is 3.10. The molecule has 16 nitrogen and oxygen atoms in total. The predicted octanol–water partition coefficient (Wildman–Crippen LogP) is 7.13. The molecule has 296 valence electrons. The number of esters is 2. The summed E-state index contributed by atoms with van der Waals surface area (Å²) < 4.78 is 71.1. The Bertz CT molecular complexity index is 808. The Morgan fingerprint density at radius 1 is 0.480 bits per heavy atom. The van der Waals surface area contributed by atoms with E-state index in [0.717, 1.165) is 64.6 Å². The molecule has 0 aromatic heterocycles. The highest BCUT2D eigenvalue weighted by molar-refractivity contribution is 7.33. The van der Waals surface area contributed by atoms with Crippen molar-refractivity contribution in [3.8, 4) is 0 Å². The van der Waals surface area contributed by atoms with Gasteiger partial charge in [-0.3, -0.25) is 9.59 Å². The summed E-state index contributed by atoms with van der Waals surface area (Å²) in [5.41, 5.74) is 0. The first-order chi connectivity index (χ1) is 24.3. The molecule has 0 aliphatic carbocycles. The van der Waals surface area contributed by atoms with Crippen LogP contribution in [-0.2, 0) is 75.3 Å². The van der Waals surface area contributed by atoms with E-state index in [0.29, 0.717) is 12.8 Å². The van der Waals surface area contributed by atoms with Gasteiger partial charge in [0.2, 0.25) is 0 Å². The fraction of sp³-hybridized carbons (Fsp3) is 0.938. The predicted molar refractivity (Wildman–Crippen MR) is 184 cm³/mol. The van der Waals surface area contributed by atoms with Gasteiger partial charge in [-0.2, -0.15) is 9.78 Å². The first kappa shape index (κ1) is 50.8. The number of carbonyl (C=O) groups is 2. The Balaban J connectivity index is 0. The molecule has 0 spiro atoms. The van der Waals surface area contributed by atoms with Gasteiger partial charge < -0.3 is 28.4 Å². The first-order valence-corrected chi connectivity index (χ1v) is 19.4. The Morgan fingerprint density at radius 2 is 0.900 bits per heavy atom. The van der Waals surface area contributed by atoms with Crippen LogP contribution in [-0.4, -0.2) is 106 Å². The summed E-state index contributed by atoms with van der Waals surface area (Å²) >= 11 is 0. The number of ether oxygens (including phenoxy) is 6. The molecule has 18 heteroatoms. The van der Waals surface area contributed by atoms with Crippen LogP contribution < -0.4 is 0 Å². The van der Waals surface area contributed by atoms with Crippen LogP contribution in [0.3, 0.4) is 0 Å². The number of hydrogen-bond acceptors (Lipinski definition) is 16. The van der Waals surface area contributed by atoms with Crippen LogP contribution in [0.25, 0.3) is 0 Å². The van der Waals surface area contributed by atoms with Gasteiger partial charge in [0, 0.05) is 63.6 Å². The number of carbonyl (C=O) groups excluding carboxylic acids is 2. The van der Waals surface area contributed by atoms with E-state index in [2.05, 4.69) is 19.1 Å². The van der Waals surface area contributed by atoms with E-state index in [9.17, 15) is 18.7 Å². The maximum absolute atomic E-state index is 11.8. The van der Waals surface area contributed by atoms with E-state index >= 15 is 0 Å². The maximum Gasteiger partial charge on any atom is 0.728 e. The van der Waals surface area contributed by atoms with Gasteiger partial charge in [0.05, 0.1) is 30.2 Å². The lowest BCUT2D eigenvalue weighted by molar-refractivity contribution is -0.183. The summed E-state index contributed by atoms with van der Waals surface area (Å²) in [4.78, 5) is 32.0. The average molecular weight is 767 g/mol. The van der Waals surface area contributed by atoms with Crippen molar-refractivity contribution in [3.63, 3.8) is 0 Å². The molecule has 0 aromatic carbocycles. The quantitative estimate of drug-likeness (QED) is 0.0206. The third kappa shape index (κ3) is 38.0. The maximum atomic E-state index is 11.8. The van der Waals surface area contributed by atoms with Gasteiger partial charge in [-0.1, -0.05) is 64.2 Å². The molecule has 0 heterocycles. The highest BCUT2D eigenvalue weighted by atomic mass is 31.1. The summed E-state index contributed by atoms with van der Waals surface area (Å²) in [6.07, 6.45) is 14.8. The minimum Gasteiger partial charge on any atom is -0.463 e. The lowest BCUT2D eigenvalue weighted by Gasteiger charge is -2.14. The SMILES string of the molecule is COCCCCCCCCCC(=O)OC(COC)CO[P+](=O)OOC.COCCCCCCCCCC(=O)OCC(CO[P+](=O)OOC)OC. The van der Waals surface area contributed by atoms with E-state index in [1.54, 1.807) is 14.2 Å². The molecule has 0 saturated heterocycles. The van der Waals surface area contributed by atoms with Crippen molar-refractivity contribution in [2.45, 2.75) is 115 Å². The molecule has 4 unspecified atom stereocenters. The smallest absolute Gasteiger partial charge is 0.463 e. The van der Waals surface area contributed by atoms with E-state index in [-0.39, 0.29) is 38.4 Å². The second-order valence-electron chi connectivity index (χ2n) is 11.1. The van der Waals surface area contributed by atoms with Gasteiger partial charge in [0.1, 0.15) is 25.9 Å². The molecule has 0 radical (unpaired) electrons. The number of hydrogen-bond donors (Lipinski definition) is 0. The van der Waals surface area contributed by atoms with Crippen molar-refractivity contribution < 1.29 is 75.3 Å². The molecule has 0 aromatic rings. The minimum atomic E-state index is -2.40. The summed E-state index contributed by atoms with van der Waals surface area (Å²) in [5, 5.41) is 0. The first-order valence-electron chi connectivity index (χ1n) is 17.2. The molecule has 0 rings (SSSR count). The zero-order valence-corrected chi connectivity index (χ0v) is 32.9. The standard InChI is InChI=1S/2C16H32O8P/c1-19-12-10-8-6-4-5-7-9-11-16(17)22-13-15(20-2)14-23-25(18)24-21-3;1-19-12-10-8-6-4-5-7-9-11-16(17)23-15(13-20-2)14-22-25(18)24-21-3/h2*15H,4-14H2,1-3H3/q2*+1. The zero-order chi connectivity index (χ0) is 37.5. The zero-order valence-electron chi connectivity index (χ0n) is 31.1. The highest BCUT2D eigenvalue weighted by Gasteiger charge is 2.27. The van der Waals surface area contributed by atoms with E-state index in [1.807, 2.05) is 0 Å². The van der Waals surface area contributed by atoms with Crippen LogP contribution in [0.5, 0.6) is 0 Å². The van der Waals surface area contributed by atoms with Gasteiger partial charge in [0.15, 0.2) is 6.10 Å². The lowest BCUT2D eigenvalue weighted by Crippen LogP contribution is -2.27. The molecule has 0 aliphatic heterocycles. The van der Waals surface area contributed by atoms with Crippen LogP contribution >= 0.6 is 16.5 Å². The van der Waals surface area contributed by atoms with E-state index < -0.39 is 28.7 Å². The van der Waals surface area contributed by atoms with Crippen LogP contribution in [0, 0.1) is 0 Å². The Kier molecular flexibility index (Phi) is 41.2. The second-order valence-corrected chi connectivity index (χ2v) is 12.8. The lowest BCUT2D eigenvalue weighted by atomic mass is 10.1. The highest BCUT2D eigenvalue weighted by Crippen LogP contribution is 2.24. The molecule has 0 amide bonds. The van der Waals surface area contributed by atoms with Gasteiger partial charge >= 0.3 is 28.4 Å². The van der Waals surface area contributed by atoms with Crippen molar-refractivity contribution in [3.05, 3.63) is 0 Å². The molecule has 0 N–H and O–H groups in total. The van der Waals surface area contributed by atoms with Crippen LogP contribution in [0.4, 0.5) is 0 Å². The second kappa shape index (κ2) is 40.5. The van der Waals surface area contributed by atoms with Crippen molar-refractivity contribution in [1.29, 1.82) is 0 Å². The summed E-state index contributed by atoms with van der Waals surface area (Å²) in [5.74, 6) is -0.576. The fourth-order valence-corrected chi connectivity index (χ4v) is 5.15. The molecule has 0 fully saturated rings. The summed E-state index contributed by atoms with van der Waals surface area (Å²) in [7, 11) is 4.07. The van der Waals surface area contributed by atoms with Crippen molar-refractivity contribution in [2.24, 2.45) is 0 Å². The Labute approximate surface area is 300 Å². The largest absolute Gasteiger partial charge is 0.728 e. The third-order valence-corrected chi connectivity index (χ3v) is 8.14. The van der Waals surface area contributed by atoms with Gasteiger partial charge in [-0.05, 0) is 25.7 Å².